The van der Waals surface area contributed by atoms with E-state index in [4.69, 9.17) is 15.3 Å². The quantitative estimate of drug-likeness (QED) is 0.259. The largest absolute Gasteiger partial charge is 0.790 e. The molecule has 0 aromatic carbocycles. The maximum absolute atomic E-state index is 10.4. The highest BCUT2D eigenvalue weighted by molar-refractivity contribution is 7.43. The van der Waals surface area contributed by atoms with E-state index in [0.29, 0.717) is 0 Å². The highest BCUT2D eigenvalue weighted by Crippen LogP contribution is 2.27. The van der Waals surface area contributed by atoms with Crippen LogP contribution >= 0.6 is 7.82 Å². The number of aliphatic hydroxyl groups excluding tert-OH is 3. The van der Waals surface area contributed by atoms with E-state index < -0.39 is 38.8 Å². The van der Waals surface area contributed by atoms with Crippen LogP contribution in [0.3, 0.4) is 0 Å². The van der Waals surface area contributed by atoms with Crippen molar-refractivity contribution in [2.75, 3.05) is 13.2 Å². The molecule has 0 saturated carbocycles. The van der Waals surface area contributed by atoms with E-state index in [9.17, 15) is 24.3 Å². The Bertz CT molecular complexity index is 275. The van der Waals surface area contributed by atoms with Gasteiger partial charge in [0.25, 0.3) is 0 Å². The Balaban J connectivity index is 4.65. The summed E-state index contributed by atoms with van der Waals surface area (Å²) in [7, 11) is -5.43. The molecule has 0 unspecified atom stereocenters. The van der Waals surface area contributed by atoms with Gasteiger partial charge in [0.1, 0.15) is 12.2 Å². The molecule has 96 valence electrons. The maximum atomic E-state index is 10.4. The lowest BCUT2D eigenvalue weighted by molar-refractivity contribution is -0.344. The molecule has 0 aliphatic heterocycles. The monoisotopic (exact) mass is 258 g/mol. The number of carbonyl (C=O) groups is 1. The third-order valence-electron chi connectivity index (χ3n) is 1.72. The molecule has 0 aliphatic carbocycles. The summed E-state index contributed by atoms with van der Waals surface area (Å²) in [4.78, 5) is 30.6. The van der Waals surface area contributed by atoms with Crippen molar-refractivity contribution in [3.8, 4) is 0 Å². The normalized spacial score (nSPS) is 19.9. The van der Waals surface area contributed by atoms with E-state index in [1.165, 1.54) is 0 Å². The minimum absolute atomic E-state index is 0.299. The second-order valence-corrected chi connectivity index (χ2v) is 4.18. The number of aldehydes is 1. The van der Waals surface area contributed by atoms with Gasteiger partial charge in [-0.05, 0) is 0 Å². The second kappa shape index (κ2) is 5.80. The van der Waals surface area contributed by atoms with Crippen LogP contribution in [0, 0.1) is 0 Å². The minimum atomic E-state index is -5.43. The molecule has 0 spiro atoms. The zero-order valence-electron chi connectivity index (χ0n) is 7.92. The Morgan fingerprint density at radius 2 is 1.94 bits per heavy atom. The molecular formula is C6H11O9P-2. The van der Waals surface area contributed by atoms with Crippen LogP contribution in [0.15, 0.2) is 0 Å². The molecule has 16 heavy (non-hydrogen) atoms. The van der Waals surface area contributed by atoms with Crippen molar-refractivity contribution >= 4 is 14.1 Å². The predicted octanol–water partition coefficient (Wildman–Crippen LogP) is -4.52. The average Bonchev–Trinajstić information content (AvgIpc) is 2.22. The zero-order valence-corrected chi connectivity index (χ0v) is 8.82. The Labute approximate surface area is 90.2 Å². The van der Waals surface area contributed by atoms with Gasteiger partial charge >= 0.3 is 0 Å². The molecule has 0 saturated heterocycles. The molecule has 0 bridgehead atoms. The number of phosphoric acid groups is 1. The van der Waals surface area contributed by atoms with Gasteiger partial charge in [0.15, 0.2) is 11.9 Å². The molecule has 3 atom stereocenters. The van der Waals surface area contributed by atoms with Crippen LogP contribution in [0.4, 0.5) is 0 Å². The average molecular weight is 258 g/mol. The van der Waals surface area contributed by atoms with Crippen molar-refractivity contribution in [2.24, 2.45) is 0 Å². The van der Waals surface area contributed by atoms with Gasteiger partial charge in [-0.3, -0.25) is 4.79 Å². The van der Waals surface area contributed by atoms with Crippen LogP contribution in [-0.2, 0) is 13.9 Å². The van der Waals surface area contributed by atoms with Gasteiger partial charge in [-0.15, -0.1) is 0 Å². The minimum Gasteiger partial charge on any atom is -0.790 e. The molecule has 0 amide bonds. The predicted molar refractivity (Wildman–Crippen MR) is 43.7 cm³/mol. The van der Waals surface area contributed by atoms with E-state index in [0.717, 1.165) is 0 Å². The van der Waals surface area contributed by atoms with E-state index in [-0.39, 0.29) is 6.29 Å². The smallest absolute Gasteiger partial charge is 0.171 e. The highest BCUT2D eigenvalue weighted by Gasteiger charge is 2.40. The fourth-order valence-electron chi connectivity index (χ4n) is 0.805. The Hall–Kier alpha value is -0.380. The Kier molecular flexibility index (Phi) is 5.66. The number of hydrogen-bond acceptors (Lipinski definition) is 9. The first kappa shape index (κ1) is 15.6. The first-order valence-corrected chi connectivity index (χ1v) is 5.44. The van der Waals surface area contributed by atoms with Gasteiger partial charge in [-0.2, -0.15) is 0 Å². The topological polar surface area (TPSA) is 170 Å². The number of hydrogen-bond donors (Lipinski definition) is 4. The van der Waals surface area contributed by atoms with E-state index in [1.807, 2.05) is 0 Å². The fraction of sp³-hybridized carbons (Fsp3) is 0.833. The molecule has 0 fully saturated rings. The number of carbonyl (C=O) groups excluding carboxylic acids is 1. The Morgan fingerprint density at radius 3 is 2.25 bits per heavy atom. The standard InChI is InChI=1S/C6H13O9P/c7-1-4(9)5(10)6(11,2-8)3-15-16(12,13)14/h2,4-5,7,9-11H,1,3H2,(H2,12,13,14)/p-2/t4-,5-,6-/m1/s1. The molecular weight excluding hydrogens is 247 g/mol. The summed E-state index contributed by atoms with van der Waals surface area (Å²) in [5.41, 5.74) is -2.80. The van der Waals surface area contributed by atoms with Gasteiger partial charge in [0.05, 0.1) is 21.0 Å². The molecule has 4 N–H and O–H groups in total. The zero-order chi connectivity index (χ0) is 13.0. The van der Waals surface area contributed by atoms with Crippen LogP contribution in [0.5, 0.6) is 0 Å². The molecule has 10 heteroatoms. The summed E-state index contributed by atoms with van der Waals surface area (Å²) in [6.07, 6.45) is -4.38. The van der Waals surface area contributed by atoms with Crippen molar-refractivity contribution in [1.82, 2.24) is 0 Å². The first-order chi connectivity index (χ1) is 7.16. The summed E-state index contributed by atoms with van der Waals surface area (Å²) < 4.78 is 13.7. The lowest BCUT2D eigenvalue weighted by atomic mass is 9.95. The fourth-order valence-corrected chi connectivity index (χ4v) is 1.17. The summed E-state index contributed by atoms with van der Waals surface area (Å²) in [5, 5.41) is 35.9. The summed E-state index contributed by atoms with van der Waals surface area (Å²) in [6, 6.07) is 0. The van der Waals surface area contributed by atoms with Crippen molar-refractivity contribution in [3.05, 3.63) is 0 Å². The van der Waals surface area contributed by atoms with E-state index in [1.54, 1.807) is 0 Å². The first-order valence-electron chi connectivity index (χ1n) is 3.98. The summed E-state index contributed by atoms with van der Waals surface area (Å²) >= 11 is 0. The molecule has 9 nitrogen and oxygen atoms in total. The van der Waals surface area contributed by atoms with Crippen molar-refractivity contribution < 1.29 is 44.1 Å². The van der Waals surface area contributed by atoms with Crippen molar-refractivity contribution in [3.63, 3.8) is 0 Å². The molecule has 0 aromatic rings. The third-order valence-corrected chi connectivity index (χ3v) is 2.17. The van der Waals surface area contributed by atoms with Gasteiger partial charge in [0, 0.05) is 0 Å². The maximum Gasteiger partial charge on any atom is 0.171 e. The number of aliphatic hydroxyl groups is 4. The molecule has 0 heterocycles. The summed E-state index contributed by atoms with van der Waals surface area (Å²) in [6.45, 7) is -2.33. The highest BCUT2D eigenvalue weighted by atomic mass is 31.2. The third kappa shape index (κ3) is 4.64. The molecule has 0 aromatic heterocycles. The van der Waals surface area contributed by atoms with Crippen molar-refractivity contribution in [2.45, 2.75) is 17.8 Å². The van der Waals surface area contributed by atoms with Crippen LogP contribution in [0.2, 0.25) is 0 Å². The van der Waals surface area contributed by atoms with Crippen LogP contribution < -0.4 is 9.79 Å². The lowest BCUT2D eigenvalue weighted by Crippen LogP contribution is -2.54. The van der Waals surface area contributed by atoms with Gasteiger partial charge in [-0.1, -0.05) is 0 Å². The lowest BCUT2D eigenvalue weighted by Gasteiger charge is -2.35. The number of phosphoric ester groups is 1. The Morgan fingerprint density at radius 1 is 1.44 bits per heavy atom. The van der Waals surface area contributed by atoms with Gasteiger partial charge < -0.3 is 39.3 Å². The van der Waals surface area contributed by atoms with Crippen molar-refractivity contribution in [1.29, 1.82) is 0 Å². The van der Waals surface area contributed by atoms with Crippen LogP contribution in [0.1, 0.15) is 0 Å². The molecule has 0 radical (unpaired) electrons. The molecule has 0 rings (SSSR count). The summed E-state index contributed by atoms with van der Waals surface area (Å²) in [5.74, 6) is 0. The SMILES string of the molecule is O=C[C@@](O)(COP(=O)([O-])[O-])[C@H](O)[C@H](O)CO. The number of rotatable bonds is 7. The van der Waals surface area contributed by atoms with Crippen LogP contribution in [-0.4, -0.2) is 57.7 Å². The molecule has 0 aliphatic rings. The van der Waals surface area contributed by atoms with E-state index in [2.05, 4.69) is 4.52 Å². The van der Waals surface area contributed by atoms with Gasteiger partial charge in [0.2, 0.25) is 0 Å². The van der Waals surface area contributed by atoms with Gasteiger partial charge in [-0.25, -0.2) is 0 Å². The second-order valence-electron chi connectivity index (χ2n) is 3.02. The van der Waals surface area contributed by atoms with E-state index >= 15 is 0 Å². The van der Waals surface area contributed by atoms with Crippen LogP contribution in [0.25, 0.3) is 0 Å².